The Morgan fingerprint density at radius 3 is 2.24 bits per heavy atom. The van der Waals surface area contributed by atoms with Gasteiger partial charge in [-0.25, -0.2) is 0 Å². The van der Waals surface area contributed by atoms with Crippen molar-refractivity contribution in [2.75, 3.05) is 33.7 Å². The molecule has 5 heteroatoms. The molecule has 98 valence electrons. The lowest BCUT2D eigenvalue weighted by molar-refractivity contribution is -0.150. The summed E-state index contributed by atoms with van der Waals surface area (Å²) in [6.07, 6.45) is 1.84. The van der Waals surface area contributed by atoms with Gasteiger partial charge in [0.1, 0.15) is 0 Å². The number of likely N-dealkylation sites (tertiary alicyclic amines) is 1. The van der Waals surface area contributed by atoms with E-state index in [0.29, 0.717) is 19.3 Å². The van der Waals surface area contributed by atoms with Crippen LogP contribution in [0.2, 0.25) is 0 Å². The van der Waals surface area contributed by atoms with Crippen LogP contribution in [0.25, 0.3) is 0 Å². The van der Waals surface area contributed by atoms with Gasteiger partial charge in [-0.1, -0.05) is 0 Å². The monoisotopic (exact) mass is 242 g/mol. The average Bonchev–Trinajstić information content (AvgIpc) is 2.27. The van der Waals surface area contributed by atoms with Crippen LogP contribution in [0.3, 0.4) is 0 Å². The van der Waals surface area contributed by atoms with Gasteiger partial charge in [0, 0.05) is 27.1 Å². The number of carboxylic acid groups (broad SMARTS) is 1. The molecule has 5 nitrogen and oxygen atoms in total. The zero-order chi connectivity index (χ0) is 13.1. The van der Waals surface area contributed by atoms with Crippen LogP contribution in [-0.2, 0) is 9.59 Å². The first-order valence-corrected chi connectivity index (χ1v) is 6.01. The van der Waals surface area contributed by atoms with Gasteiger partial charge >= 0.3 is 5.97 Å². The van der Waals surface area contributed by atoms with Crippen molar-refractivity contribution in [3.8, 4) is 0 Å². The zero-order valence-electron chi connectivity index (χ0n) is 10.9. The first-order valence-electron chi connectivity index (χ1n) is 6.01. The predicted molar refractivity (Wildman–Crippen MR) is 64.7 cm³/mol. The highest BCUT2D eigenvalue weighted by Crippen LogP contribution is 2.30. The number of aliphatic carboxylic acids is 1. The Balaban J connectivity index is 2.33. The summed E-state index contributed by atoms with van der Waals surface area (Å²) in [4.78, 5) is 26.2. The van der Waals surface area contributed by atoms with E-state index in [1.807, 2.05) is 0 Å². The number of piperidine rings is 1. The van der Waals surface area contributed by atoms with Crippen LogP contribution in [0.15, 0.2) is 0 Å². The number of carbonyl (C=O) groups is 2. The van der Waals surface area contributed by atoms with Crippen LogP contribution >= 0.6 is 0 Å². The summed E-state index contributed by atoms with van der Waals surface area (Å²) in [5.41, 5.74) is -0.581. The summed E-state index contributed by atoms with van der Waals surface area (Å²) in [5.74, 6) is -0.585. The standard InChI is InChI=1S/C12H22N2O3/c1-12(11(16)17)5-8-14(9-6-12)7-4-10(15)13(2)3/h4-9H2,1-3H3,(H,16,17). The van der Waals surface area contributed by atoms with Crippen molar-refractivity contribution in [2.24, 2.45) is 5.41 Å². The van der Waals surface area contributed by atoms with E-state index in [1.54, 1.807) is 25.9 Å². The molecular formula is C12H22N2O3. The van der Waals surface area contributed by atoms with E-state index in [9.17, 15) is 9.59 Å². The molecule has 0 saturated carbocycles. The van der Waals surface area contributed by atoms with Crippen molar-refractivity contribution in [3.05, 3.63) is 0 Å². The molecule has 0 radical (unpaired) electrons. The van der Waals surface area contributed by atoms with E-state index in [0.717, 1.165) is 19.6 Å². The fourth-order valence-corrected chi connectivity index (χ4v) is 1.96. The molecule has 0 aliphatic carbocycles. The summed E-state index contributed by atoms with van der Waals surface area (Å²) in [6.45, 7) is 4.07. The van der Waals surface area contributed by atoms with Gasteiger partial charge in [-0.3, -0.25) is 9.59 Å². The number of nitrogens with zero attached hydrogens (tertiary/aromatic N) is 2. The Kier molecular flexibility index (Phi) is 4.51. The molecule has 1 saturated heterocycles. The van der Waals surface area contributed by atoms with Crippen molar-refractivity contribution in [3.63, 3.8) is 0 Å². The van der Waals surface area contributed by atoms with Gasteiger partial charge < -0.3 is 14.9 Å². The molecule has 0 bridgehead atoms. The van der Waals surface area contributed by atoms with E-state index >= 15 is 0 Å². The van der Waals surface area contributed by atoms with Gasteiger partial charge in [0.05, 0.1) is 5.41 Å². The van der Waals surface area contributed by atoms with Crippen LogP contribution in [0.1, 0.15) is 26.2 Å². The highest BCUT2D eigenvalue weighted by molar-refractivity contribution is 5.75. The van der Waals surface area contributed by atoms with Crippen molar-refractivity contribution < 1.29 is 14.7 Å². The molecule has 1 heterocycles. The highest BCUT2D eigenvalue weighted by atomic mass is 16.4. The largest absolute Gasteiger partial charge is 0.481 e. The quantitative estimate of drug-likeness (QED) is 0.786. The smallest absolute Gasteiger partial charge is 0.309 e. The Morgan fingerprint density at radius 1 is 1.29 bits per heavy atom. The van der Waals surface area contributed by atoms with E-state index in [2.05, 4.69) is 4.90 Å². The van der Waals surface area contributed by atoms with E-state index in [1.165, 1.54) is 0 Å². The van der Waals surface area contributed by atoms with E-state index in [-0.39, 0.29) is 5.91 Å². The minimum Gasteiger partial charge on any atom is -0.481 e. The SMILES string of the molecule is CN(C)C(=O)CCN1CCC(C)(C(=O)O)CC1. The Morgan fingerprint density at radius 2 is 1.82 bits per heavy atom. The lowest BCUT2D eigenvalue weighted by atomic mass is 9.80. The van der Waals surface area contributed by atoms with Gasteiger partial charge in [-0.05, 0) is 32.9 Å². The third-order valence-corrected chi connectivity index (χ3v) is 3.62. The molecule has 0 aromatic rings. The molecule has 0 atom stereocenters. The topological polar surface area (TPSA) is 60.9 Å². The number of carbonyl (C=O) groups excluding carboxylic acids is 1. The molecule has 1 aliphatic rings. The molecule has 17 heavy (non-hydrogen) atoms. The molecule has 0 spiro atoms. The average molecular weight is 242 g/mol. The lowest BCUT2D eigenvalue weighted by Gasteiger charge is -2.36. The first kappa shape index (κ1) is 14.0. The number of hydrogen-bond donors (Lipinski definition) is 1. The normalized spacial score (nSPS) is 19.9. The Labute approximate surface area is 102 Å². The molecule has 0 unspecified atom stereocenters. The fourth-order valence-electron chi connectivity index (χ4n) is 1.96. The molecular weight excluding hydrogens is 220 g/mol. The van der Waals surface area contributed by atoms with Gasteiger partial charge in [-0.2, -0.15) is 0 Å². The molecule has 0 aromatic heterocycles. The van der Waals surface area contributed by atoms with Crippen LogP contribution < -0.4 is 0 Å². The van der Waals surface area contributed by atoms with Crippen molar-refractivity contribution in [1.82, 2.24) is 9.80 Å². The number of hydrogen-bond acceptors (Lipinski definition) is 3. The second kappa shape index (κ2) is 5.49. The van der Waals surface area contributed by atoms with Gasteiger partial charge in [-0.15, -0.1) is 0 Å². The highest BCUT2D eigenvalue weighted by Gasteiger charge is 2.36. The summed E-state index contributed by atoms with van der Waals surface area (Å²) in [5, 5.41) is 9.10. The number of amides is 1. The summed E-state index contributed by atoms with van der Waals surface area (Å²) in [7, 11) is 3.50. The minimum absolute atomic E-state index is 0.122. The summed E-state index contributed by atoms with van der Waals surface area (Å²) < 4.78 is 0. The third kappa shape index (κ3) is 3.70. The second-order valence-electron chi connectivity index (χ2n) is 5.25. The second-order valence-corrected chi connectivity index (χ2v) is 5.25. The first-order chi connectivity index (χ1) is 7.85. The summed E-state index contributed by atoms with van der Waals surface area (Å²) >= 11 is 0. The summed E-state index contributed by atoms with van der Waals surface area (Å²) in [6, 6.07) is 0. The van der Waals surface area contributed by atoms with Crippen molar-refractivity contribution >= 4 is 11.9 Å². The molecule has 1 amide bonds. The molecule has 0 aromatic carbocycles. The molecule has 1 N–H and O–H groups in total. The zero-order valence-corrected chi connectivity index (χ0v) is 10.9. The van der Waals surface area contributed by atoms with Crippen LogP contribution in [0, 0.1) is 5.41 Å². The Bertz CT molecular complexity index is 294. The van der Waals surface area contributed by atoms with Crippen LogP contribution in [-0.4, -0.2) is 60.5 Å². The molecule has 1 fully saturated rings. The minimum atomic E-state index is -0.707. The van der Waals surface area contributed by atoms with E-state index < -0.39 is 11.4 Å². The van der Waals surface area contributed by atoms with Crippen LogP contribution in [0.4, 0.5) is 0 Å². The lowest BCUT2D eigenvalue weighted by Crippen LogP contribution is -2.43. The van der Waals surface area contributed by atoms with Gasteiger partial charge in [0.15, 0.2) is 0 Å². The number of rotatable bonds is 4. The molecule has 1 aliphatic heterocycles. The van der Waals surface area contributed by atoms with Crippen molar-refractivity contribution in [2.45, 2.75) is 26.2 Å². The van der Waals surface area contributed by atoms with Crippen molar-refractivity contribution in [1.29, 1.82) is 0 Å². The fraction of sp³-hybridized carbons (Fsp3) is 0.833. The third-order valence-electron chi connectivity index (χ3n) is 3.62. The Hall–Kier alpha value is -1.10. The predicted octanol–water partition coefficient (Wildman–Crippen LogP) is 0.651. The maximum atomic E-state index is 11.4. The molecule has 1 rings (SSSR count). The van der Waals surface area contributed by atoms with E-state index in [4.69, 9.17) is 5.11 Å². The maximum absolute atomic E-state index is 11.4. The number of carboxylic acids is 1. The van der Waals surface area contributed by atoms with Gasteiger partial charge in [0.25, 0.3) is 0 Å². The van der Waals surface area contributed by atoms with Gasteiger partial charge in [0.2, 0.25) is 5.91 Å². The van der Waals surface area contributed by atoms with Crippen LogP contribution in [0.5, 0.6) is 0 Å². The maximum Gasteiger partial charge on any atom is 0.309 e.